The van der Waals surface area contributed by atoms with Gasteiger partial charge in [0.05, 0.1) is 13.0 Å². The van der Waals surface area contributed by atoms with Crippen LogP contribution in [0.15, 0.2) is 24.3 Å². The van der Waals surface area contributed by atoms with Crippen LogP contribution in [0.2, 0.25) is 0 Å². The molecule has 0 radical (unpaired) electrons. The number of aromatic nitrogens is 2. The summed E-state index contributed by atoms with van der Waals surface area (Å²) in [5.41, 5.74) is 0.958. The third kappa shape index (κ3) is 4.34. The molecular formula is C20H25N5O3S. The predicted octanol–water partition coefficient (Wildman–Crippen LogP) is 2.21. The quantitative estimate of drug-likeness (QED) is 0.778. The van der Waals surface area contributed by atoms with Crippen molar-refractivity contribution in [3.63, 3.8) is 0 Å². The number of amides is 2. The minimum atomic E-state index is -0.0979. The summed E-state index contributed by atoms with van der Waals surface area (Å²) in [4.78, 5) is 28.5. The first-order valence-corrected chi connectivity index (χ1v) is 10.8. The first-order chi connectivity index (χ1) is 14.2. The van der Waals surface area contributed by atoms with Crippen molar-refractivity contribution in [3.8, 4) is 5.75 Å². The molecule has 4 rings (SSSR count). The van der Waals surface area contributed by atoms with Crippen molar-refractivity contribution in [2.75, 3.05) is 36.5 Å². The van der Waals surface area contributed by atoms with Gasteiger partial charge >= 0.3 is 0 Å². The predicted molar refractivity (Wildman–Crippen MR) is 111 cm³/mol. The van der Waals surface area contributed by atoms with Gasteiger partial charge in [-0.25, -0.2) is 0 Å². The average molecular weight is 416 g/mol. The summed E-state index contributed by atoms with van der Waals surface area (Å²) < 4.78 is 5.35. The van der Waals surface area contributed by atoms with E-state index < -0.39 is 0 Å². The molecule has 1 atom stereocenters. The van der Waals surface area contributed by atoms with Gasteiger partial charge in [-0.15, -0.1) is 10.2 Å². The Bertz CT molecular complexity index is 887. The number of para-hydroxylation sites is 1. The number of hydrogen-bond donors (Lipinski definition) is 1. The number of carbonyl (C=O) groups is 2. The van der Waals surface area contributed by atoms with E-state index in [0.29, 0.717) is 31.2 Å². The van der Waals surface area contributed by atoms with Gasteiger partial charge in [0.1, 0.15) is 5.75 Å². The maximum Gasteiger partial charge on any atom is 0.228 e. The Kier molecular flexibility index (Phi) is 5.94. The monoisotopic (exact) mass is 415 g/mol. The molecule has 2 aliphatic heterocycles. The third-order valence-corrected chi connectivity index (χ3v) is 6.42. The second kappa shape index (κ2) is 8.77. The molecule has 2 saturated heterocycles. The summed E-state index contributed by atoms with van der Waals surface area (Å²) in [6, 6.07) is 7.69. The van der Waals surface area contributed by atoms with Gasteiger partial charge in [-0.1, -0.05) is 29.5 Å². The molecule has 2 aromatic rings. The lowest BCUT2D eigenvalue weighted by Crippen LogP contribution is -2.43. The van der Waals surface area contributed by atoms with Gasteiger partial charge in [-0.05, 0) is 25.3 Å². The van der Waals surface area contributed by atoms with Crippen molar-refractivity contribution in [3.05, 3.63) is 29.8 Å². The molecule has 1 aromatic carbocycles. The average Bonchev–Trinajstić information content (AvgIpc) is 3.41. The largest absolute Gasteiger partial charge is 0.496 e. The van der Waals surface area contributed by atoms with Crippen LogP contribution in [-0.2, 0) is 16.1 Å². The molecule has 0 unspecified atom stereocenters. The number of nitrogens with zero attached hydrogens (tertiary/aromatic N) is 4. The van der Waals surface area contributed by atoms with E-state index in [1.165, 1.54) is 11.3 Å². The smallest absolute Gasteiger partial charge is 0.228 e. The number of carbonyl (C=O) groups excluding carboxylic acids is 2. The van der Waals surface area contributed by atoms with E-state index in [-0.39, 0.29) is 17.7 Å². The number of nitrogens with one attached hydrogen (secondary N) is 1. The fraction of sp³-hybridized carbons (Fsp3) is 0.500. The standard InChI is InChI=1S/C20H25N5O3S/c1-28-16-8-3-2-6-14(16)12-21-18(27)15-7-4-10-24(13-15)19-22-23-20(29-19)25-11-5-9-17(25)26/h2-3,6,8,15H,4-5,7,9-13H2,1H3,(H,21,27)/t15-/m0/s1. The van der Waals surface area contributed by atoms with Gasteiger partial charge in [-0.3, -0.25) is 14.5 Å². The number of methoxy groups -OCH3 is 1. The van der Waals surface area contributed by atoms with E-state index in [9.17, 15) is 9.59 Å². The van der Waals surface area contributed by atoms with Crippen molar-refractivity contribution < 1.29 is 14.3 Å². The van der Waals surface area contributed by atoms with Gasteiger partial charge in [0, 0.05) is 38.2 Å². The van der Waals surface area contributed by atoms with Gasteiger partial charge in [0.2, 0.25) is 22.1 Å². The summed E-state index contributed by atoms with van der Waals surface area (Å²) >= 11 is 1.43. The molecule has 0 spiro atoms. The minimum Gasteiger partial charge on any atom is -0.496 e. The molecule has 0 aliphatic carbocycles. The van der Waals surface area contributed by atoms with Crippen molar-refractivity contribution in [1.29, 1.82) is 0 Å². The van der Waals surface area contributed by atoms with Crippen LogP contribution in [0.5, 0.6) is 5.75 Å². The molecule has 9 heteroatoms. The van der Waals surface area contributed by atoms with Crippen LogP contribution < -0.4 is 19.9 Å². The second-order valence-electron chi connectivity index (χ2n) is 7.33. The summed E-state index contributed by atoms with van der Waals surface area (Å²) in [5.74, 6) is 0.829. The Morgan fingerprint density at radius 1 is 1.24 bits per heavy atom. The maximum absolute atomic E-state index is 12.7. The van der Waals surface area contributed by atoms with E-state index in [4.69, 9.17) is 4.74 Å². The zero-order valence-electron chi connectivity index (χ0n) is 16.5. The lowest BCUT2D eigenvalue weighted by molar-refractivity contribution is -0.125. The van der Waals surface area contributed by atoms with Gasteiger partial charge in [-0.2, -0.15) is 0 Å². The third-order valence-electron chi connectivity index (χ3n) is 5.42. The zero-order valence-corrected chi connectivity index (χ0v) is 17.3. The number of ether oxygens (including phenoxy) is 1. The SMILES string of the molecule is COc1ccccc1CNC(=O)[C@H]1CCCN(c2nnc(N3CCCC3=O)s2)C1. The fourth-order valence-electron chi connectivity index (χ4n) is 3.84. The van der Waals surface area contributed by atoms with E-state index in [0.717, 1.165) is 42.3 Å². The van der Waals surface area contributed by atoms with Crippen LogP contribution in [0.25, 0.3) is 0 Å². The Hall–Kier alpha value is -2.68. The first-order valence-electron chi connectivity index (χ1n) is 9.94. The van der Waals surface area contributed by atoms with Crippen molar-refractivity contribution in [1.82, 2.24) is 15.5 Å². The van der Waals surface area contributed by atoms with E-state index in [1.54, 1.807) is 12.0 Å². The molecule has 154 valence electrons. The number of piperidine rings is 1. The molecule has 1 aromatic heterocycles. The molecule has 0 saturated carbocycles. The summed E-state index contributed by atoms with van der Waals surface area (Å²) in [6.45, 7) is 2.61. The van der Waals surface area contributed by atoms with Crippen LogP contribution in [0.1, 0.15) is 31.2 Å². The van der Waals surface area contributed by atoms with Crippen molar-refractivity contribution in [2.45, 2.75) is 32.2 Å². The number of rotatable bonds is 6. The van der Waals surface area contributed by atoms with Crippen LogP contribution in [0.4, 0.5) is 10.3 Å². The van der Waals surface area contributed by atoms with Crippen molar-refractivity contribution >= 4 is 33.4 Å². The highest BCUT2D eigenvalue weighted by Gasteiger charge is 2.30. The Morgan fingerprint density at radius 3 is 2.86 bits per heavy atom. The summed E-state index contributed by atoms with van der Waals surface area (Å²) in [7, 11) is 1.63. The summed E-state index contributed by atoms with van der Waals surface area (Å²) in [6.07, 6.45) is 3.22. The second-order valence-corrected chi connectivity index (χ2v) is 8.27. The topological polar surface area (TPSA) is 87.7 Å². The van der Waals surface area contributed by atoms with E-state index in [2.05, 4.69) is 20.4 Å². The number of anilines is 2. The highest BCUT2D eigenvalue weighted by Crippen LogP contribution is 2.32. The zero-order chi connectivity index (χ0) is 20.2. The molecule has 2 fully saturated rings. The molecule has 0 bridgehead atoms. The normalized spacial score (nSPS) is 19.5. The lowest BCUT2D eigenvalue weighted by Gasteiger charge is -2.31. The van der Waals surface area contributed by atoms with Crippen LogP contribution in [0, 0.1) is 5.92 Å². The molecule has 2 amide bonds. The fourth-order valence-corrected chi connectivity index (χ4v) is 4.76. The minimum absolute atomic E-state index is 0.0417. The number of benzene rings is 1. The highest BCUT2D eigenvalue weighted by atomic mass is 32.1. The van der Waals surface area contributed by atoms with Gasteiger partial charge in [0.25, 0.3) is 0 Å². The first kappa shape index (κ1) is 19.6. The van der Waals surface area contributed by atoms with Crippen molar-refractivity contribution in [2.24, 2.45) is 5.92 Å². The van der Waals surface area contributed by atoms with E-state index >= 15 is 0 Å². The molecule has 8 nitrogen and oxygen atoms in total. The highest BCUT2D eigenvalue weighted by molar-refractivity contribution is 7.19. The van der Waals surface area contributed by atoms with Crippen LogP contribution >= 0.6 is 11.3 Å². The summed E-state index contributed by atoms with van der Waals surface area (Å²) in [5, 5.41) is 13.0. The maximum atomic E-state index is 12.7. The van der Waals surface area contributed by atoms with Gasteiger partial charge in [0.15, 0.2) is 0 Å². The van der Waals surface area contributed by atoms with Gasteiger partial charge < -0.3 is 15.0 Å². The van der Waals surface area contributed by atoms with E-state index in [1.807, 2.05) is 24.3 Å². The Morgan fingerprint density at radius 2 is 2.07 bits per heavy atom. The Balaban J connectivity index is 1.36. The molecule has 1 N–H and O–H groups in total. The Labute approximate surface area is 173 Å². The van der Waals surface area contributed by atoms with Crippen LogP contribution in [-0.4, -0.2) is 48.8 Å². The molecule has 29 heavy (non-hydrogen) atoms. The molecular weight excluding hydrogens is 390 g/mol. The lowest BCUT2D eigenvalue weighted by atomic mass is 9.97. The molecule has 2 aliphatic rings. The van der Waals surface area contributed by atoms with Crippen LogP contribution in [0.3, 0.4) is 0 Å². The molecule has 3 heterocycles. The number of hydrogen-bond acceptors (Lipinski definition) is 7.